The van der Waals surface area contributed by atoms with E-state index in [-0.39, 0.29) is 37.3 Å². The molecule has 0 radical (unpaired) electrons. The van der Waals surface area contributed by atoms with Crippen LogP contribution in [0, 0.1) is 15.4 Å². The van der Waals surface area contributed by atoms with Gasteiger partial charge in [0.25, 0.3) is 0 Å². The molecule has 1 saturated carbocycles. The van der Waals surface area contributed by atoms with E-state index < -0.39 is 18.2 Å². The van der Waals surface area contributed by atoms with Crippen LogP contribution >= 0.6 is 22.6 Å². The van der Waals surface area contributed by atoms with Crippen molar-refractivity contribution >= 4 is 34.4 Å². The third-order valence-electron chi connectivity index (χ3n) is 5.77. The van der Waals surface area contributed by atoms with Gasteiger partial charge in [0.05, 0.1) is 16.2 Å². The van der Waals surface area contributed by atoms with E-state index >= 15 is 0 Å². The van der Waals surface area contributed by atoms with Gasteiger partial charge in [-0.05, 0) is 65.5 Å². The summed E-state index contributed by atoms with van der Waals surface area (Å²) in [7, 11) is 0. The Kier molecular flexibility index (Phi) is 8.95. The van der Waals surface area contributed by atoms with E-state index in [0.717, 1.165) is 16.4 Å². The maximum absolute atomic E-state index is 13.1. The van der Waals surface area contributed by atoms with Gasteiger partial charge < -0.3 is 25.2 Å². The highest BCUT2D eigenvalue weighted by molar-refractivity contribution is 14.1. The number of amides is 2. The minimum atomic E-state index is -0.963. The number of aliphatic hydroxyl groups excluding tert-OH is 2. The number of benzene rings is 1. The molecule has 2 amide bonds. The lowest BCUT2D eigenvalue weighted by Gasteiger charge is -2.41. The number of ether oxygens (including phenoxy) is 1. The lowest BCUT2D eigenvalue weighted by molar-refractivity contribution is -0.139. The second-order valence-corrected chi connectivity index (χ2v) is 10.2. The molecule has 3 N–H and O–H groups in total. The first kappa shape index (κ1) is 25.0. The summed E-state index contributed by atoms with van der Waals surface area (Å²) in [5, 5.41) is 23.1. The molecule has 2 aliphatic rings. The van der Waals surface area contributed by atoms with E-state index in [2.05, 4.69) is 27.9 Å². The van der Waals surface area contributed by atoms with Gasteiger partial charge in [-0.25, -0.2) is 0 Å². The molecular weight excluding hydrogens is 523 g/mol. The highest BCUT2D eigenvalue weighted by Gasteiger charge is 2.42. The Balaban J connectivity index is 1.90. The van der Waals surface area contributed by atoms with Crippen molar-refractivity contribution in [3.63, 3.8) is 0 Å². The van der Waals surface area contributed by atoms with E-state index in [9.17, 15) is 14.7 Å². The van der Waals surface area contributed by atoms with Gasteiger partial charge in [0.2, 0.25) is 11.8 Å². The quantitative estimate of drug-likeness (QED) is 0.385. The van der Waals surface area contributed by atoms with Gasteiger partial charge in [-0.1, -0.05) is 26.0 Å². The Morgan fingerprint density at radius 1 is 1.28 bits per heavy atom. The molecule has 0 heterocycles. The number of hydrogen-bond acceptors (Lipinski definition) is 5. The first-order valence-corrected chi connectivity index (χ1v) is 12.4. The molecule has 1 aromatic rings. The first-order chi connectivity index (χ1) is 15.3. The van der Waals surface area contributed by atoms with Crippen molar-refractivity contribution in [1.29, 1.82) is 0 Å². The van der Waals surface area contributed by atoms with Crippen LogP contribution in [0.25, 0.3) is 0 Å². The summed E-state index contributed by atoms with van der Waals surface area (Å²) < 4.78 is 7.04. The molecule has 32 heavy (non-hydrogen) atoms. The Morgan fingerprint density at radius 2 is 2.00 bits per heavy atom. The fourth-order valence-corrected chi connectivity index (χ4v) is 4.45. The molecule has 0 bridgehead atoms. The molecule has 0 aliphatic heterocycles. The van der Waals surface area contributed by atoms with E-state index in [1.54, 1.807) is 11.0 Å². The van der Waals surface area contributed by atoms with E-state index in [4.69, 9.17) is 9.84 Å². The van der Waals surface area contributed by atoms with Crippen molar-refractivity contribution in [2.75, 3.05) is 19.7 Å². The number of nitrogens with zero attached hydrogens (tertiary/aromatic N) is 1. The van der Waals surface area contributed by atoms with Gasteiger partial charge in [-0.3, -0.25) is 9.59 Å². The second kappa shape index (κ2) is 11.5. The molecule has 176 valence electrons. The molecule has 8 heteroatoms. The summed E-state index contributed by atoms with van der Waals surface area (Å²) in [6.45, 7) is 4.58. The highest BCUT2D eigenvalue weighted by Crippen LogP contribution is 2.34. The molecule has 3 atom stereocenters. The van der Waals surface area contributed by atoms with Crippen LogP contribution in [0.4, 0.5) is 0 Å². The molecule has 1 aromatic carbocycles. The maximum atomic E-state index is 13.1. The summed E-state index contributed by atoms with van der Waals surface area (Å²) in [5.41, 5.74) is 0.461. The van der Waals surface area contributed by atoms with E-state index in [0.29, 0.717) is 30.2 Å². The molecular formula is C24H33IN2O5. The maximum Gasteiger partial charge on any atom is 0.247 e. The zero-order chi connectivity index (χ0) is 23.3. The van der Waals surface area contributed by atoms with Gasteiger partial charge in [0.1, 0.15) is 18.0 Å². The van der Waals surface area contributed by atoms with Crippen molar-refractivity contribution < 1.29 is 24.5 Å². The molecule has 3 unspecified atom stereocenters. The predicted molar refractivity (Wildman–Crippen MR) is 130 cm³/mol. The number of carbonyl (C=O) groups is 2. The third kappa shape index (κ3) is 6.68. The Bertz CT molecular complexity index is 839. The molecule has 1 fully saturated rings. The van der Waals surface area contributed by atoms with Crippen LogP contribution in [-0.2, 0) is 9.59 Å². The molecule has 3 rings (SSSR count). The smallest absolute Gasteiger partial charge is 0.247 e. The minimum absolute atomic E-state index is 0.000933. The van der Waals surface area contributed by atoms with Gasteiger partial charge >= 0.3 is 0 Å². The van der Waals surface area contributed by atoms with Gasteiger partial charge in [-0.2, -0.15) is 0 Å². The van der Waals surface area contributed by atoms with Crippen LogP contribution in [-0.4, -0.2) is 64.9 Å². The number of carbonyl (C=O) groups excluding carboxylic acids is 2. The fraction of sp³-hybridized carbons (Fsp3) is 0.583. The lowest BCUT2D eigenvalue weighted by Crippen LogP contribution is -2.55. The molecule has 0 spiro atoms. The number of para-hydroxylation sites is 1. The van der Waals surface area contributed by atoms with Gasteiger partial charge in [-0.15, -0.1) is 0 Å². The zero-order valence-corrected chi connectivity index (χ0v) is 20.8. The van der Waals surface area contributed by atoms with Gasteiger partial charge in [0, 0.05) is 31.5 Å². The largest absolute Gasteiger partial charge is 0.482 e. The number of aliphatic hydroxyl groups is 2. The Labute approximate surface area is 203 Å². The summed E-state index contributed by atoms with van der Waals surface area (Å²) >= 11 is 2.17. The first-order valence-electron chi connectivity index (χ1n) is 11.3. The Hall–Kier alpha value is -1.65. The van der Waals surface area contributed by atoms with E-state index in [1.165, 1.54) is 0 Å². The SMILES string of the molecule is CC(C)CC(=O)N(CC1CC1)C1CC(C(=O)NCCO)=CC(Oc2ccccc2I)C1O. The minimum Gasteiger partial charge on any atom is -0.482 e. The molecule has 0 aromatic heterocycles. The predicted octanol–water partition coefficient (Wildman–Crippen LogP) is 2.49. The van der Waals surface area contributed by atoms with Crippen molar-refractivity contribution in [2.45, 2.75) is 57.8 Å². The highest BCUT2D eigenvalue weighted by atomic mass is 127. The van der Waals surface area contributed by atoms with Crippen LogP contribution in [0.2, 0.25) is 0 Å². The molecule has 0 saturated heterocycles. The Morgan fingerprint density at radius 3 is 2.62 bits per heavy atom. The van der Waals surface area contributed by atoms with Crippen molar-refractivity contribution in [2.24, 2.45) is 11.8 Å². The van der Waals surface area contributed by atoms with Crippen LogP contribution in [0.3, 0.4) is 0 Å². The van der Waals surface area contributed by atoms with Crippen LogP contribution in [0.1, 0.15) is 39.5 Å². The summed E-state index contributed by atoms with van der Waals surface area (Å²) in [6, 6.07) is 6.94. The van der Waals surface area contributed by atoms with Crippen molar-refractivity contribution in [3.05, 3.63) is 39.5 Å². The second-order valence-electron chi connectivity index (χ2n) is 9.03. The van der Waals surface area contributed by atoms with Crippen LogP contribution < -0.4 is 10.1 Å². The third-order valence-corrected chi connectivity index (χ3v) is 6.66. The number of rotatable bonds is 10. The number of hydrogen-bond donors (Lipinski definition) is 3. The zero-order valence-electron chi connectivity index (χ0n) is 18.7. The van der Waals surface area contributed by atoms with Gasteiger partial charge in [0.15, 0.2) is 0 Å². The average Bonchev–Trinajstić information content (AvgIpc) is 3.57. The lowest BCUT2D eigenvalue weighted by atomic mass is 9.87. The standard InChI is InChI=1S/C24H33IN2O5/c1-15(2)11-22(29)27(14-16-7-8-16)19-12-17(24(31)26-9-10-28)13-21(23(19)30)32-20-6-4-3-5-18(20)25/h3-6,13,15-16,19,21,23,28,30H,7-12,14H2,1-2H3,(H,26,31). The van der Waals surface area contributed by atoms with Crippen molar-refractivity contribution in [3.8, 4) is 5.75 Å². The topological polar surface area (TPSA) is 99.1 Å². The number of nitrogens with one attached hydrogen (secondary N) is 1. The van der Waals surface area contributed by atoms with E-state index in [1.807, 2.05) is 38.1 Å². The average molecular weight is 556 g/mol. The fourth-order valence-electron chi connectivity index (χ4n) is 3.93. The van der Waals surface area contributed by atoms with Crippen molar-refractivity contribution in [1.82, 2.24) is 10.2 Å². The number of halogens is 1. The monoisotopic (exact) mass is 556 g/mol. The molecule has 7 nitrogen and oxygen atoms in total. The molecule has 2 aliphatic carbocycles. The van der Waals surface area contributed by atoms with Crippen LogP contribution in [0.5, 0.6) is 5.75 Å². The normalized spacial score (nSPS) is 22.9. The summed E-state index contributed by atoms with van der Waals surface area (Å²) in [6.07, 6.45) is 2.73. The van der Waals surface area contributed by atoms with Crippen LogP contribution in [0.15, 0.2) is 35.9 Å². The summed E-state index contributed by atoms with van der Waals surface area (Å²) in [4.78, 5) is 27.7. The summed E-state index contributed by atoms with van der Waals surface area (Å²) in [5.74, 6) is 0.957.